The van der Waals surface area contributed by atoms with Crippen LogP contribution in [0.3, 0.4) is 0 Å². The van der Waals surface area contributed by atoms with E-state index in [1.165, 1.54) is 21.1 Å². The molecule has 2 amide bonds. The maximum absolute atomic E-state index is 12.3. The molecule has 0 fully saturated rings. The van der Waals surface area contributed by atoms with Crippen molar-refractivity contribution in [2.75, 3.05) is 26.1 Å². The van der Waals surface area contributed by atoms with Gasteiger partial charge in [-0.2, -0.15) is 0 Å². The quantitative estimate of drug-likeness (QED) is 0.612. The van der Waals surface area contributed by atoms with Gasteiger partial charge < -0.3 is 24.8 Å². The van der Waals surface area contributed by atoms with E-state index in [2.05, 4.69) is 10.6 Å². The Morgan fingerprint density at radius 2 is 1.70 bits per heavy atom. The van der Waals surface area contributed by atoms with Crippen molar-refractivity contribution in [2.24, 2.45) is 0 Å². The second kappa shape index (κ2) is 10.8. The molecule has 8 heteroatoms. The number of hydrogen-bond donors (Lipinski definition) is 2. The fourth-order valence-electron chi connectivity index (χ4n) is 2.67. The fourth-order valence-corrected chi connectivity index (χ4v) is 2.67. The Kier molecular flexibility index (Phi) is 8.22. The lowest BCUT2D eigenvalue weighted by Gasteiger charge is -2.15. The number of methoxy groups -OCH3 is 2. The van der Waals surface area contributed by atoms with Gasteiger partial charge in [-0.1, -0.05) is 18.2 Å². The zero-order valence-electron chi connectivity index (χ0n) is 17.5. The molecule has 2 aromatic rings. The molecular weight excluding hydrogens is 388 g/mol. The van der Waals surface area contributed by atoms with Crippen LogP contribution in [0.25, 0.3) is 0 Å². The van der Waals surface area contributed by atoms with Crippen LogP contribution >= 0.6 is 0 Å². The molecule has 0 aliphatic carbocycles. The summed E-state index contributed by atoms with van der Waals surface area (Å²) in [6, 6.07) is 12.1. The van der Waals surface area contributed by atoms with E-state index < -0.39 is 18.0 Å². The third kappa shape index (κ3) is 6.23. The molecule has 2 N–H and O–H groups in total. The zero-order valence-corrected chi connectivity index (χ0v) is 17.5. The molecule has 0 aliphatic rings. The van der Waals surface area contributed by atoms with E-state index in [9.17, 15) is 14.4 Å². The van der Waals surface area contributed by atoms with Crippen LogP contribution in [0.4, 0.5) is 5.69 Å². The number of ether oxygens (including phenoxy) is 3. The van der Waals surface area contributed by atoms with Gasteiger partial charge in [-0.25, -0.2) is 0 Å². The summed E-state index contributed by atoms with van der Waals surface area (Å²) in [5.74, 6) is -0.346. The van der Waals surface area contributed by atoms with Crippen molar-refractivity contribution in [1.29, 1.82) is 0 Å². The van der Waals surface area contributed by atoms with Crippen molar-refractivity contribution < 1.29 is 28.6 Å². The monoisotopic (exact) mass is 414 g/mol. The van der Waals surface area contributed by atoms with E-state index in [0.29, 0.717) is 22.7 Å². The van der Waals surface area contributed by atoms with Crippen LogP contribution in [0, 0.1) is 6.92 Å². The summed E-state index contributed by atoms with van der Waals surface area (Å²) in [4.78, 5) is 36.4. The largest absolute Gasteiger partial charge is 0.493 e. The first kappa shape index (κ1) is 22.7. The van der Waals surface area contributed by atoms with E-state index >= 15 is 0 Å². The summed E-state index contributed by atoms with van der Waals surface area (Å²) < 4.78 is 15.5. The Hall–Kier alpha value is -3.55. The number of carbonyl (C=O) groups is 3. The molecule has 2 rings (SSSR count). The van der Waals surface area contributed by atoms with Crippen LogP contribution < -0.4 is 20.1 Å². The number of rotatable bonds is 9. The second-order valence-electron chi connectivity index (χ2n) is 6.51. The SMILES string of the molecule is COc1ccc(NC(=O)C(C)OC(=O)CCNC(=O)c2ccccc2C)cc1OC. The Morgan fingerprint density at radius 1 is 1.00 bits per heavy atom. The Labute approximate surface area is 175 Å². The van der Waals surface area contributed by atoms with Crippen molar-refractivity contribution >= 4 is 23.5 Å². The Balaban J connectivity index is 1.80. The minimum atomic E-state index is -1.00. The molecule has 8 nitrogen and oxygen atoms in total. The van der Waals surface area contributed by atoms with Crippen LogP contribution in [0.1, 0.15) is 29.3 Å². The molecule has 0 spiro atoms. The molecule has 0 aromatic heterocycles. The molecule has 0 bridgehead atoms. The number of carbonyl (C=O) groups excluding carboxylic acids is 3. The summed E-state index contributed by atoms with van der Waals surface area (Å²) in [6.45, 7) is 3.41. The van der Waals surface area contributed by atoms with Crippen LogP contribution in [0.5, 0.6) is 11.5 Å². The summed E-state index contributed by atoms with van der Waals surface area (Å²) in [5, 5.41) is 5.32. The smallest absolute Gasteiger partial charge is 0.308 e. The molecule has 160 valence electrons. The summed E-state index contributed by atoms with van der Waals surface area (Å²) in [7, 11) is 3.01. The van der Waals surface area contributed by atoms with E-state index in [0.717, 1.165) is 5.56 Å². The molecule has 0 aliphatic heterocycles. The number of benzene rings is 2. The summed E-state index contributed by atoms with van der Waals surface area (Å²) >= 11 is 0. The highest BCUT2D eigenvalue weighted by molar-refractivity contribution is 5.96. The molecule has 1 unspecified atom stereocenters. The van der Waals surface area contributed by atoms with Crippen molar-refractivity contribution in [1.82, 2.24) is 5.32 Å². The second-order valence-corrected chi connectivity index (χ2v) is 6.51. The molecule has 2 aromatic carbocycles. The fraction of sp³-hybridized carbons (Fsp3) is 0.318. The average Bonchev–Trinajstić information content (AvgIpc) is 2.73. The highest BCUT2D eigenvalue weighted by atomic mass is 16.5. The van der Waals surface area contributed by atoms with Crippen LogP contribution in [0.15, 0.2) is 42.5 Å². The lowest BCUT2D eigenvalue weighted by molar-refractivity contribution is -0.153. The number of anilines is 1. The maximum atomic E-state index is 12.3. The predicted molar refractivity (Wildman–Crippen MR) is 112 cm³/mol. The van der Waals surface area contributed by atoms with Gasteiger partial charge in [-0.3, -0.25) is 14.4 Å². The summed E-state index contributed by atoms with van der Waals surface area (Å²) in [5.41, 5.74) is 1.87. The zero-order chi connectivity index (χ0) is 22.1. The van der Waals surface area contributed by atoms with Gasteiger partial charge in [0, 0.05) is 23.9 Å². The predicted octanol–water partition coefficient (Wildman–Crippen LogP) is 2.70. The Bertz CT molecular complexity index is 912. The van der Waals surface area contributed by atoms with Crippen LogP contribution in [-0.4, -0.2) is 44.7 Å². The molecule has 30 heavy (non-hydrogen) atoms. The van der Waals surface area contributed by atoms with Gasteiger partial charge in [0.15, 0.2) is 17.6 Å². The highest BCUT2D eigenvalue weighted by Crippen LogP contribution is 2.29. The van der Waals surface area contributed by atoms with Gasteiger partial charge >= 0.3 is 5.97 Å². The van der Waals surface area contributed by atoms with Crippen LogP contribution in [-0.2, 0) is 14.3 Å². The maximum Gasteiger partial charge on any atom is 0.308 e. The molecule has 0 heterocycles. The molecule has 0 saturated carbocycles. The first-order valence-electron chi connectivity index (χ1n) is 9.42. The number of esters is 1. The topological polar surface area (TPSA) is 103 Å². The van der Waals surface area contributed by atoms with Gasteiger partial charge in [0.05, 0.1) is 20.6 Å². The van der Waals surface area contributed by atoms with Crippen molar-refractivity contribution in [3.63, 3.8) is 0 Å². The van der Waals surface area contributed by atoms with Gasteiger partial charge in [0.25, 0.3) is 11.8 Å². The number of amides is 2. The number of hydrogen-bond acceptors (Lipinski definition) is 6. The van der Waals surface area contributed by atoms with Crippen molar-refractivity contribution in [3.8, 4) is 11.5 Å². The normalized spacial score (nSPS) is 11.2. The van der Waals surface area contributed by atoms with Crippen molar-refractivity contribution in [3.05, 3.63) is 53.6 Å². The molecule has 0 saturated heterocycles. The minimum Gasteiger partial charge on any atom is -0.493 e. The lowest BCUT2D eigenvalue weighted by Crippen LogP contribution is -2.32. The highest BCUT2D eigenvalue weighted by Gasteiger charge is 2.19. The molecule has 1 atom stereocenters. The standard InChI is InChI=1S/C22H26N2O6/c1-14-7-5-6-8-17(14)22(27)23-12-11-20(25)30-15(2)21(26)24-16-9-10-18(28-3)19(13-16)29-4/h5-10,13,15H,11-12H2,1-4H3,(H,23,27)(H,24,26). The van der Waals surface area contributed by atoms with E-state index in [-0.39, 0.29) is 18.9 Å². The van der Waals surface area contributed by atoms with Gasteiger partial charge in [0.2, 0.25) is 0 Å². The van der Waals surface area contributed by atoms with Gasteiger partial charge in [-0.15, -0.1) is 0 Å². The lowest BCUT2D eigenvalue weighted by atomic mass is 10.1. The molecule has 0 radical (unpaired) electrons. The molecular formula is C22H26N2O6. The first-order valence-corrected chi connectivity index (χ1v) is 9.42. The van der Waals surface area contributed by atoms with Gasteiger partial charge in [-0.05, 0) is 37.6 Å². The van der Waals surface area contributed by atoms with Crippen LogP contribution in [0.2, 0.25) is 0 Å². The van der Waals surface area contributed by atoms with Crippen molar-refractivity contribution in [2.45, 2.75) is 26.4 Å². The van der Waals surface area contributed by atoms with Gasteiger partial charge in [0.1, 0.15) is 0 Å². The summed E-state index contributed by atoms with van der Waals surface area (Å²) in [6.07, 6.45) is -1.05. The van der Waals surface area contributed by atoms with E-state index in [1.54, 1.807) is 30.3 Å². The van der Waals surface area contributed by atoms with E-state index in [1.807, 2.05) is 19.1 Å². The minimum absolute atomic E-state index is 0.0500. The number of aryl methyl sites for hydroxylation is 1. The first-order chi connectivity index (χ1) is 14.3. The third-order valence-corrected chi connectivity index (χ3v) is 4.33. The van der Waals surface area contributed by atoms with E-state index in [4.69, 9.17) is 14.2 Å². The Morgan fingerprint density at radius 3 is 2.37 bits per heavy atom. The third-order valence-electron chi connectivity index (χ3n) is 4.33. The average molecular weight is 414 g/mol. The number of nitrogens with one attached hydrogen (secondary N) is 2.